The van der Waals surface area contributed by atoms with Gasteiger partial charge < -0.3 is 20.4 Å². The zero-order valence-corrected chi connectivity index (χ0v) is 27.3. The molecule has 7 unspecified atom stereocenters. The molecular formula is C38H56F2O4. The molecular weight excluding hydrogens is 558 g/mol. The van der Waals surface area contributed by atoms with Gasteiger partial charge in [0.1, 0.15) is 17.9 Å². The number of allylic oxidation sites excluding steroid dienone is 2. The zero-order chi connectivity index (χ0) is 31.2. The largest absolute Gasteiger partial charge is 0.390 e. The van der Waals surface area contributed by atoms with E-state index < -0.39 is 52.5 Å². The van der Waals surface area contributed by atoms with Crippen LogP contribution in [0.2, 0.25) is 0 Å². The first-order valence-electron chi connectivity index (χ1n) is 18.2. The molecule has 0 aliphatic heterocycles. The summed E-state index contributed by atoms with van der Waals surface area (Å²) in [5, 5.41) is 47.3. The second kappa shape index (κ2) is 9.63. The third-order valence-electron chi connectivity index (χ3n) is 17.0. The van der Waals surface area contributed by atoms with E-state index in [-0.39, 0.29) is 40.9 Å². The van der Waals surface area contributed by atoms with Gasteiger partial charge in [0.2, 0.25) is 0 Å². The van der Waals surface area contributed by atoms with Crippen LogP contribution in [0.1, 0.15) is 111 Å². The van der Waals surface area contributed by atoms with E-state index in [1.165, 1.54) is 5.57 Å². The molecule has 6 saturated carbocycles. The maximum Gasteiger partial charge on any atom is 0.130 e. The first kappa shape index (κ1) is 30.5. The predicted octanol–water partition coefficient (Wildman–Crippen LogP) is 6.85. The van der Waals surface area contributed by atoms with Crippen LogP contribution in [-0.2, 0) is 0 Å². The second-order valence-corrected chi connectivity index (χ2v) is 18.0. The molecule has 8 aliphatic carbocycles. The first-order chi connectivity index (χ1) is 20.7. The van der Waals surface area contributed by atoms with E-state index in [0.717, 1.165) is 56.9 Å². The van der Waals surface area contributed by atoms with Crippen LogP contribution in [0.15, 0.2) is 23.3 Å². The standard InChI is InChI=1S/C38H56F2O4/c1-34-13-6-5-8-24(34)29(41)16-20-22(34)12-15-36(3)27(20)19-32(40)38(36,44)31-10-7-9-25-30(42)17-21-23(37(25,31)4)11-14-35(2)26(21)18-28(39)33(35)43/h8-9,20-23,26-33,41-44H,5-7,10-19H2,1-4H3/t20-,21-,22-,23-,26+,27+,28?,29?,30?,31?,32?,33?,34-,35+,36+,37-,38?/m1/s1. The lowest BCUT2D eigenvalue weighted by Gasteiger charge is -2.66. The van der Waals surface area contributed by atoms with Gasteiger partial charge in [-0.3, -0.25) is 0 Å². The second-order valence-electron chi connectivity index (χ2n) is 18.0. The number of aliphatic hydroxyl groups is 4. The quantitative estimate of drug-likeness (QED) is 0.244. The van der Waals surface area contributed by atoms with Crippen molar-refractivity contribution in [2.45, 2.75) is 147 Å². The highest BCUT2D eigenvalue weighted by molar-refractivity contribution is 5.35. The van der Waals surface area contributed by atoms with Crippen molar-refractivity contribution in [3.8, 4) is 0 Å². The molecule has 0 spiro atoms. The van der Waals surface area contributed by atoms with Crippen LogP contribution in [0.3, 0.4) is 0 Å². The van der Waals surface area contributed by atoms with Crippen molar-refractivity contribution >= 4 is 0 Å². The molecule has 0 aromatic heterocycles. The van der Waals surface area contributed by atoms with E-state index in [4.69, 9.17) is 0 Å². The minimum absolute atomic E-state index is 0.00499. The molecule has 4 nitrogen and oxygen atoms in total. The lowest BCUT2D eigenvalue weighted by molar-refractivity contribution is -0.218. The van der Waals surface area contributed by atoms with Gasteiger partial charge in [0.15, 0.2) is 0 Å². The van der Waals surface area contributed by atoms with E-state index >= 15 is 8.78 Å². The minimum Gasteiger partial charge on any atom is -0.390 e. The molecule has 0 bridgehead atoms. The third-order valence-corrected chi connectivity index (χ3v) is 17.0. The average molecular weight is 615 g/mol. The smallest absolute Gasteiger partial charge is 0.130 e. The van der Waals surface area contributed by atoms with Crippen molar-refractivity contribution in [3.05, 3.63) is 23.3 Å². The summed E-state index contributed by atoms with van der Waals surface area (Å²) < 4.78 is 32.2. The molecule has 0 aromatic carbocycles. The Morgan fingerprint density at radius 1 is 0.705 bits per heavy atom. The highest BCUT2D eigenvalue weighted by atomic mass is 19.1. The maximum atomic E-state index is 17.1. The number of rotatable bonds is 1. The van der Waals surface area contributed by atoms with E-state index in [0.29, 0.717) is 38.0 Å². The maximum absolute atomic E-state index is 17.1. The lowest BCUT2D eigenvalue weighted by Crippen LogP contribution is -2.66. The monoisotopic (exact) mass is 614 g/mol. The Labute approximate surface area is 262 Å². The van der Waals surface area contributed by atoms with Crippen LogP contribution in [0.5, 0.6) is 0 Å². The Bertz CT molecular complexity index is 1270. The number of halogens is 2. The average Bonchev–Trinajstić information content (AvgIpc) is 3.34. The van der Waals surface area contributed by atoms with E-state index in [9.17, 15) is 20.4 Å². The van der Waals surface area contributed by atoms with E-state index in [1.807, 2.05) is 6.92 Å². The van der Waals surface area contributed by atoms with Crippen LogP contribution >= 0.6 is 0 Å². The van der Waals surface area contributed by atoms with Crippen molar-refractivity contribution in [2.24, 2.45) is 63.1 Å². The lowest BCUT2D eigenvalue weighted by atomic mass is 9.40. The molecule has 0 heterocycles. The Balaban J connectivity index is 1.18. The summed E-state index contributed by atoms with van der Waals surface area (Å²) in [7, 11) is 0. The third kappa shape index (κ3) is 3.48. The normalized spacial score (nSPS) is 61.4. The SMILES string of the molecule is C[C@]12CCCC=C1C(O)C[C@@H]1[C@H]2CC[C@@]2(C)[C@H]1CC(F)C2(O)C1CCC=C2C(O)C[C@@H]3[C@@H](CC[C@]4(C)C(O)C(F)C[C@@H]34)[C@]21C. The molecule has 6 fully saturated rings. The molecule has 6 heteroatoms. The summed E-state index contributed by atoms with van der Waals surface area (Å²) in [5.41, 5.74) is -1.10. The number of fused-ring (bicyclic) bond motifs is 10. The first-order valence-corrected chi connectivity index (χ1v) is 18.2. The molecule has 0 saturated heterocycles. The van der Waals surface area contributed by atoms with E-state index in [1.54, 1.807) is 0 Å². The van der Waals surface area contributed by atoms with Crippen molar-refractivity contribution in [2.75, 3.05) is 0 Å². The van der Waals surface area contributed by atoms with Crippen LogP contribution in [0.25, 0.3) is 0 Å². The molecule has 246 valence electrons. The van der Waals surface area contributed by atoms with Gasteiger partial charge in [-0.15, -0.1) is 0 Å². The summed E-state index contributed by atoms with van der Waals surface area (Å²) in [6.07, 6.45) is 9.52. The van der Waals surface area contributed by atoms with Crippen molar-refractivity contribution in [3.63, 3.8) is 0 Å². The fraction of sp³-hybridized carbons (Fsp3) is 0.895. The molecule has 17 atom stereocenters. The Hall–Kier alpha value is -0.820. The van der Waals surface area contributed by atoms with Gasteiger partial charge in [0.25, 0.3) is 0 Å². The van der Waals surface area contributed by atoms with Gasteiger partial charge in [0, 0.05) is 11.3 Å². The fourth-order valence-electron chi connectivity index (χ4n) is 14.9. The predicted molar refractivity (Wildman–Crippen MR) is 166 cm³/mol. The van der Waals surface area contributed by atoms with Gasteiger partial charge in [-0.05, 0) is 146 Å². The van der Waals surface area contributed by atoms with Gasteiger partial charge in [-0.2, -0.15) is 0 Å². The molecule has 0 amide bonds. The summed E-state index contributed by atoms with van der Waals surface area (Å²) >= 11 is 0. The fourth-order valence-corrected chi connectivity index (χ4v) is 14.9. The molecule has 8 aliphatic rings. The topological polar surface area (TPSA) is 80.9 Å². The summed E-state index contributed by atoms with van der Waals surface area (Å²) in [6, 6.07) is 0. The molecule has 8 rings (SSSR count). The highest BCUT2D eigenvalue weighted by Gasteiger charge is 2.74. The van der Waals surface area contributed by atoms with Gasteiger partial charge in [0.05, 0.1) is 18.3 Å². The van der Waals surface area contributed by atoms with Crippen molar-refractivity contribution < 1.29 is 29.2 Å². The Morgan fingerprint density at radius 2 is 1.36 bits per heavy atom. The molecule has 44 heavy (non-hydrogen) atoms. The van der Waals surface area contributed by atoms with Gasteiger partial charge >= 0.3 is 0 Å². The van der Waals surface area contributed by atoms with Crippen LogP contribution in [-0.4, -0.2) is 56.7 Å². The van der Waals surface area contributed by atoms with Crippen LogP contribution < -0.4 is 0 Å². The number of aliphatic hydroxyl groups excluding tert-OH is 3. The summed E-state index contributed by atoms with van der Waals surface area (Å²) in [5.74, 6) is 0.372. The summed E-state index contributed by atoms with van der Waals surface area (Å²) in [6.45, 7) is 8.76. The number of alkyl halides is 2. The van der Waals surface area contributed by atoms with Crippen LogP contribution in [0.4, 0.5) is 8.78 Å². The Kier molecular flexibility index (Phi) is 6.68. The van der Waals surface area contributed by atoms with Gasteiger partial charge in [-0.25, -0.2) is 8.78 Å². The van der Waals surface area contributed by atoms with Crippen LogP contribution in [0, 0.1) is 63.1 Å². The summed E-state index contributed by atoms with van der Waals surface area (Å²) in [4.78, 5) is 0. The zero-order valence-electron chi connectivity index (χ0n) is 27.3. The van der Waals surface area contributed by atoms with Crippen molar-refractivity contribution in [1.82, 2.24) is 0 Å². The molecule has 4 N–H and O–H groups in total. The van der Waals surface area contributed by atoms with Gasteiger partial charge in [-0.1, -0.05) is 39.8 Å². The molecule has 0 aromatic rings. The number of hydrogen-bond acceptors (Lipinski definition) is 4. The Morgan fingerprint density at radius 3 is 2.11 bits per heavy atom. The number of hydrogen-bond donors (Lipinski definition) is 4. The van der Waals surface area contributed by atoms with Crippen molar-refractivity contribution in [1.29, 1.82) is 0 Å². The minimum atomic E-state index is -1.54. The highest BCUT2D eigenvalue weighted by Crippen LogP contribution is 2.74. The molecule has 0 radical (unpaired) electrons. The van der Waals surface area contributed by atoms with E-state index in [2.05, 4.69) is 32.9 Å².